The van der Waals surface area contributed by atoms with Crippen LogP contribution in [0.1, 0.15) is 57.8 Å². The van der Waals surface area contributed by atoms with E-state index >= 15 is 0 Å². The molecule has 0 radical (unpaired) electrons. The van der Waals surface area contributed by atoms with Gasteiger partial charge in [0, 0.05) is 17.7 Å². The lowest BCUT2D eigenvalue weighted by Gasteiger charge is -2.29. The quantitative estimate of drug-likeness (QED) is 0.0802. The molecule has 0 saturated heterocycles. The van der Waals surface area contributed by atoms with Crippen LogP contribution in [0.15, 0.2) is 24.3 Å². The molecule has 0 spiro atoms. The Bertz CT molecular complexity index is 1280. The summed E-state index contributed by atoms with van der Waals surface area (Å²) in [5.74, 6) is -6.33. The summed E-state index contributed by atoms with van der Waals surface area (Å²) in [4.78, 5) is 98.7. The van der Waals surface area contributed by atoms with Crippen LogP contribution in [0.4, 0.5) is 5.69 Å². The zero-order valence-electron chi connectivity index (χ0n) is 26.6. The highest BCUT2D eigenvalue weighted by molar-refractivity contribution is 6.00. The molecular weight excluding hydrogens is 602 g/mol. The van der Waals surface area contributed by atoms with Crippen LogP contribution in [-0.4, -0.2) is 84.5 Å². The first kappa shape index (κ1) is 39.0. The molecule has 12 N–H and O–H groups in total. The highest BCUT2D eigenvalue weighted by Crippen LogP contribution is 2.12. The largest absolute Gasteiger partial charge is 0.370 e. The van der Waals surface area contributed by atoms with E-state index in [1.807, 2.05) is 0 Å². The summed E-state index contributed by atoms with van der Waals surface area (Å²) < 4.78 is 0. The smallest absolute Gasteiger partial charge is 0.251 e. The second kappa shape index (κ2) is 18.7. The van der Waals surface area contributed by atoms with E-state index in [2.05, 4.69) is 31.9 Å². The van der Waals surface area contributed by atoms with E-state index in [9.17, 15) is 38.4 Å². The number of rotatable bonds is 18. The van der Waals surface area contributed by atoms with Crippen molar-refractivity contribution in [3.05, 3.63) is 29.8 Å². The van der Waals surface area contributed by atoms with Crippen LogP contribution in [0.25, 0.3) is 0 Å². The molecule has 0 unspecified atom stereocenters. The maximum absolute atomic E-state index is 13.4. The summed E-state index contributed by atoms with van der Waals surface area (Å²) >= 11 is 0. The van der Waals surface area contributed by atoms with E-state index in [0.717, 1.165) is 0 Å². The van der Waals surface area contributed by atoms with Gasteiger partial charge in [-0.15, -0.1) is 0 Å². The number of anilines is 1. The van der Waals surface area contributed by atoms with Crippen LogP contribution in [0.5, 0.6) is 0 Å². The van der Waals surface area contributed by atoms with Gasteiger partial charge in [0.2, 0.25) is 41.4 Å². The summed E-state index contributed by atoms with van der Waals surface area (Å²) in [7, 11) is 0. The molecule has 17 nitrogen and oxygen atoms in total. The van der Waals surface area contributed by atoms with E-state index in [0.29, 0.717) is 5.69 Å². The number of carbonyl (C=O) groups excluding carboxylic acids is 8. The standard InChI is InChI=1S/C29H45N9O8/c1-14(2)23(28(45)34-16(5)25(42)33-13-21(32)40)38-29(46)24(15(3)4)37-27(44)19(10-11-20(31)39)36-26(43)17-6-8-18(9-7-17)35-22(41)12-30/h6-9,14-16,19,23-24H,10-13,30H2,1-5H3,(H2,31,39)(H2,32,40)(H,33,42)(H,34,45)(H,35,41)(H,36,43)(H,37,44)(H,38,46)/t16-,19-,23-,24-/m0/s1. The summed E-state index contributed by atoms with van der Waals surface area (Å²) in [6.07, 6.45) is -0.418. The van der Waals surface area contributed by atoms with Crippen molar-refractivity contribution in [2.45, 2.75) is 71.6 Å². The average Bonchev–Trinajstić information content (AvgIpc) is 2.98. The molecule has 1 rings (SSSR count). The molecule has 0 aliphatic heterocycles. The molecule has 0 saturated carbocycles. The van der Waals surface area contributed by atoms with Gasteiger partial charge in [0.05, 0.1) is 13.1 Å². The fraction of sp³-hybridized carbons (Fsp3) is 0.517. The third-order valence-corrected chi connectivity index (χ3v) is 6.60. The molecule has 0 aliphatic rings. The molecule has 0 aromatic heterocycles. The summed E-state index contributed by atoms with van der Waals surface area (Å²) in [6, 6.07) is 1.15. The zero-order valence-corrected chi connectivity index (χ0v) is 26.6. The van der Waals surface area contributed by atoms with Crippen molar-refractivity contribution in [2.24, 2.45) is 29.0 Å². The number of carbonyl (C=O) groups is 8. The predicted octanol–water partition coefficient (Wildman–Crippen LogP) is -2.66. The number of nitrogens with one attached hydrogen (secondary N) is 6. The first-order valence-electron chi connectivity index (χ1n) is 14.6. The molecule has 1 aromatic carbocycles. The molecule has 8 amide bonds. The minimum Gasteiger partial charge on any atom is -0.370 e. The first-order valence-corrected chi connectivity index (χ1v) is 14.6. The maximum atomic E-state index is 13.4. The Balaban J connectivity index is 3.05. The Morgan fingerprint density at radius 2 is 1.20 bits per heavy atom. The molecule has 254 valence electrons. The highest BCUT2D eigenvalue weighted by Gasteiger charge is 2.33. The molecule has 0 heterocycles. The van der Waals surface area contributed by atoms with Gasteiger partial charge < -0.3 is 49.1 Å². The monoisotopic (exact) mass is 647 g/mol. The Labute approximate surface area is 266 Å². The molecular formula is C29H45N9O8. The van der Waals surface area contributed by atoms with Gasteiger partial charge in [-0.25, -0.2) is 0 Å². The Hall–Kier alpha value is -5.06. The van der Waals surface area contributed by atoms with Crippen LogP contribution in [0, 0.1) is 11.8 Å². The van der Waals surface area contributed by atoms with Gasteiger partial charge in [-0.2, -0.15) is 0 Å². The Morgan fingerprint density at radius 1 is 0.674 bits per heavy atom. The van der Waals surface area contributed by atoms with Crippen molar-refractivity contribution in [3.63, 3.8) is 0 Å². The molecule has 1 aromatic rings. The van der Waals surface area contributed by atoms with Crippen molar-refractivity contribution in [1.29, 1.82) is 0 Å². The number of amides is 8. The number of primary amides is 2. The van der Waals surface area contributed by atoms with Crippen LogP contribution < -0.4 is 49.1 Å². The first-order chi connectivity index (χ1) is 21.5. The van der Waals surface area contributed by atoms with Gasteiger partial charge in [0.15, 0.2) is 0 Å². The predicted molar refractivity (Wildman–Crippen MR) is 167 cm³/mol. The SMILES string of the molecule is CC(C)[C@H](NC(=O)[C@H](CCC(N)=O)NC(=O)c1ccc(NC(=O)CN)cc1)C(=O)N[C@H](C(=O)N[C@@H](C)C(=O)NCC(N)=O)C(C)C. The number of hydrogen-bond acceptors (Lipinski definition) is 9. The number of hydrogen-bond donors (Lipinski definition) is 9. The molecule has 17 heteroatoms. The molecule has 0 bridgehead atoms. The summed E-state index contributed by atoms with van der Waals surface area (Å²) in [5, 5.41) is 15.0. The van der Waals surface area contributed by atoms with Gasteiger partial charge in [-0.3, -0.25) is 38.4 Å². The second-order valence-electron chi connectivity index (χ2n) is 11.2. The fourth-order valence-electron chi connectivity index (χ4n) is 3.98. The summed E-state index contributed by atoms with van der Waals surface area (Å²) in [5.41, 5.74) is 16.1. The molecule has 46 heavy (non-hydrogen) atoms. The number of benzene rings is 1. The van der Waals surface area contributed by atoms with Crippen molar-refractivity contribution >= 4 is 52.9 Å². The highest BCUT2D eigenvalue weighted by atomic mass is 16.2. The fourth-order valence-corrected chi connectivity index (χ4v) is 3.98. The molecule has 4 atom stereocenters. The lowest BCUT2D eigenvalue weighted by Crippen LogP contribution is -2.60. The lowest BCUT2D eigenvalue weighted by molar-refractivity contribution is -0.135. The minimum atomic E-state index is -1.27. The van der Waals surface area contributed by atoms with Crippen LogP contribution in [0.2, 0.25) is 0 Å². The lowest BCUT2D eigenvalue weighted by atomic mass is 9.98. The van der Waals surface area contributed by atoms with Crippen LogP contribution >= 0.6 is 0 Å². The normalized spacial score (nSPS) is 13.4. The van der Waals surface area contributed by atoms with E-state index in [4.69, 9.17) is 17.2 Å². The van der Waals surface area contributed by atoms with Gasteiger partial charge >= 0.3 is 0 Å². The van der Waals surface area contributed by atoms with Gasteiger partial charge in [0.1, 0.15) is 24.2 Å². The zero-order chi connectivity index (χ0) is 35.1. The van der Waals surface area contributed by atoms with E-state index in [-0.39, 0.29) is 24.9 Å². The van der Waals surface area contributed by atoms with Crippen molar-refractivity contribution in [2.75, 3.05) is 18.4 Å². The topological polar surface area (TPSA) is 287 Å². The summed E-state index contributed by atoms with van der Waals surface area (Å²) in [6.45, 7) is 7.39. The van der Waals surface area contributed by atoms with E-state index in [1.54, 1.807) is 27.7 Å². The van der Waals surface area contributed by atoms with Gasteiger partial charge in [-0.05, 0) is 49.4 Å². The van der Waals surface area contributed by atoms with Gasteiger partial charge in [-0.1, -0.05) is 27.7 Å². The maximum Gasteiger partial charge on any atom is 0.251 e. The Kier molecular flexibility index (Phi) is 15.8. The van der Waals surface area contributed by atoms with Crippen LogP contribution in [0.3, 0.4) is 0 Å². The average molecular weight is 648 g/mol. The van der Waals surface area contributed by atoms with Crippen LogP contribution in [-0.2, 0) is 33.6 Å². The molecule has 0 fully saturated rings. The third-order valence-electron chi connectivity index (χ3n) is 6.60. The molecule has 0 aliphatic carbocycles. The third kappa shape index (κ3) is 13.3. The number of nitrogens with two attached hydrogens (primary N) is 3. The minimum absolute atomic E-state index is 0.143. The second-order valence-corrected chi connectivity index (χ2v) is 11.2. The van der Waals surface area contributed by atoms with Crippen molar-refractivity contribution in [1.82, 2.24) is 26.6 Å². The van der Waals surface area contributed by atoms with Crippen molar-refractivity contribution in [3.8, 4) is 0 Å². The van der Waals surface area contributed by atoms with E-state index < -0.39 is 89.8 Å². The van der Waals surface area contributed by atoms with Crippen molar-refractivity contribution < 1.29 is 38.4 Å². The Morgan fingerprint density at radius 3 is 1.67 bits per heavy atom. The van der Waals surface area contributed by atoms with Gasteiger partial charge in [0.25, 0.3) is 5.91 Å². The van der Waals surface area contributed by atoms with E-state index in [1.165, 1.54) is 31.2 Å².